The quantitative estimate of drug-likeness (QED) is 0.100. The van der Waals surface area contributed by atoms with Gasteiger partial charge in [-0.1, -0.05) is 96.5 Å². The minimum absolute atomic E-state index is 0.0592. The van der Waals surface area contributed by atoms with E-state index in [9.17, 15) is 28.1 Å². The number of methoxy groups -OCH3 is 1. The number of nitro groups is 1. The molecule has 1 saturated carbocycles. The van der Waals surface area contributed by atoms with Gasteiger partial charge in [0, 0.05) is 51.3 Å². The molecule has 1 fully saturated rings. The molecule has 0 saturated heterocycles. The molecule has 1 N–H and O–H groups in total. The zero-order valence-electron chi connectivity index (χ0n) is 29.1. The molecule has 1 atom stereocenters. The first-order valence-corrected chi connectivity index (χ1v) is 19.6. The highest BCUT2D eigenvalue weighted by Crippen LogP contribution is 2.36. The highest BCUT2D eigenvalue weighted by Gasteiger charge is 2.37. The first-order valence-electron chi connectivity index (χ1n) is 17.0. The smallest absolute Gasteiger partial charge is 0.273 e. The maximum Gasteiger partial charge on any atom is 0.273 e. The van der Waals surface area contributed by atoms with Gasteiger partial charge in [-0.25, -0.2) is 8.42 Å². The number of hydrogen-bond acceptors (Lipinski definition) is 7. The molecular formula is C38H39Cl3N4O7S. The van der Waals surface area contributed by atoms with Crippen LogP contribution in [-0.4, -0.2) is 55.8 Å². The number of anilines is 1. The van der Waals surface area contributed by atoms with E-state index in [4.69, 9.17) is 39.5 Å². The van der Waals surface area contributed by atoms with Crippen molar-refractivity contribution in [3.8, 4) is 5.75 Å². The number of rotatable bonds is 14. The number of benzene rings is 4. The Kier molecular flexibility index (Phi) is 13.3. The van der Waals surface area contributed by atoms with E-state index in [-0.39, 0.29) is 51.1 Å². The summed E-state index contributed by atoms with van der Waals surface area (Å²) in [6, 6.07) is 20.5. The molecule has 0 aliphatic heterocycles. The van der Waals surface area contributed by atoms with Crippen molar-refractivity contribution in [3.05, 3.63) is 127 Å². The van der Waals surface area contributed by atoms with Gasteiger partial charge in [0.2, 0.25) is 11.8 Å². The van der Waals surface area contributed by atoms with E-state index in [0.717, 1.165) is 48.0 Å². The van der Waals surface area contributed by atoms with Crippen molar-refractivity contribution in [1.82, 2.24) is 10.2 Å². The van der Waals surface area contributed by atoms with Crippen molar-refractivity contribution in [3.63, 3.8) is 0 Å². The molecule has 5 rings (SSSR count). The van der Waals surface area contributed by atoms with Gasteiger partial charge in [-0.15, -0.1) is 0 Å². The summed E-state index contributed by atoms with van der Waals surface area (Å²) in [5.41, 5.74) is 0.836. The molecule has 280 valence electrons. The van der Waals surface area contributed by atoms with E-state index in [2.05, 4.69) is 5.32 Å². The number of aryl methyl sites for hydroxylation is 1. The van der Waals surface area contributed by atoms with Crippen LogP contribution in [0.3, 0.4) is 0 Å². The molecule has 2 amide bonds. The minimum atomic E-state index is -4.73. The van der Waals surface area contributed by atoms with Gasteiger partial charge in [-0.05, 0) is 61.7 Å². The van der Waals surface area contributed by atoms with Gasteiger partial charge in [0.15, 0.2) is 0 Å². The summed E-state index contributed by atoms with van der Waals surface area (Å²) in [4.78, 5) is 41.3. The Morgan fingerprint density at radius 2 is 1.62 bits per heavy atom. The van der Waals surface area contributed by atoms with Crippen molar-refractivity contribution in [2.75, 3.05) is 18.0 Å². The molecule has 0 unspecified atom stereocenters. The SMILES string of the molecule is COc1ccc(Cl)cc1N(CC(=O)N(Cc1c(Cl)cccc1Cl)[C@@H](Cc1ccccc1)C(=O)NC1CCCCC1)S(=O)(=O)c1ccc(C)c([N+](=O)[O-])c1. The zero-order chi connectivity index (χ0) is 38.3. The number of sulfonamides is 1. The van der Waals surface area contributed by atoms with Crippen LogP contribution in [0.5, 0.6) is 5.75 Å². The summed E-state index contributed by atoms with van der Waals surface area (Å²) >= 11 is 19.6. The zero-order valence-corrected chi connectivity index (χ0v) is 32.2. The third-order valence-corrected chi connectivity index (χ3v) is 12.0. The highest BCUT2D eigenvalue weighted by molar-refractivity contribution is 7.92. The topological polar surface area (TPSA) is 139 Å². The number of nitrogens with one attached hydrogen (secondary N) is 1. The predicted molar refractivity (Wildman–Crippen MR) is 206 cm³/mol. The third-order valence-electron chi connectivity index (χ3n) is 9.27. The van der Waals surface area contributed by atoms with Gasteiger partial charge in [-0.2, -0.15) is 0 Å². The van der Waals surface area contributed by atoms with Crippen LogP contribution in [0, 0.1) is 17.0 Å². The van der Waals surface area contributed by atoms with Crippen LogP contribution < -0.4 is 14.4 Å². The summed E-state index contributed by atoms with van der Waals surface area (Å²) in [6.45, 7) is 0.382. The van der Waals surface area contributed by atoms with Crippen molar-refractivity contribution in [2.45, 2.75) is 69.0 Å². The van der Waals surface area contributed by atoms with Crippen LogP contribution in [0.15, 0.2) is 89.8 Å². The number of carbonyl (C=O) groups excluding carboxylic acids is 2. The number of halogens is 3. The number of hydrogen-bond donors (Lipinski definition) is 1. The summed E-state index contributed by atoms with van der Waals surface area (Å²) in [7, 11) is -3.40. The monoisotopic (exact) mass is 800 g/mol. The van der Waals surface area contributed by atoms with Crippen LogP contribution in [0.2, 0.25) is 15.1 Å². The largest absolute Gasteiger partial charge is 0.495 e. The first kappa shape index (κ1) is 39.8. The lowest BCUT2D eigenvalue weighted by Crippen LogP contribution is -2.55. The summed E-state index contributed by atoms with van der Waals surface area (Å²) in [5, 5.41) is 15.6. The van der Waals surface area contributed by atoms with E-state index >= 15 is 0 Å². The maximum atomic E-state index is 14.9. The van der Waals surface area contributed by atoms with Gasteiger partial charge < -0.3 is 15.0 Å². The molecule has 1 aliphatic rings. The van der Waals surface area contributed by atoms with E-state index in [1.54, 1.807) is 18.2 Å². The Bertz CT molecular complexity index is 2060. The number of amides is 2. The number of nitrogens with zero attached hydrogens (tertiary/aromatic N) is 3. The molecule has 4 aromatic rings. The number of carbonyl (C=O) groups is 2. The second-order valence-corrected chi connectivity index (χ2v) is 15.9. The molecule has 0 aromatic heterocycles. The number of nitro benzene ring substituents is 1. The fourth-order valence-corrected chi connectivity index (χ4v) is 8.52. The van der Waals surface area contributed by atoms with Gasteiger partial charge in [0.25, 0.3) is 15.7 Å². The molecule has 0 heterocycles. The van der Waals surface area contributed by atoms with E-state index < -0.39 is 49.9 Å². The Labute approximate surface area is 324 Å². The summed E-state index contributed by atoms with van der Waals surface area (Å²) < 4.78 is 35.5. The second-order valence-electron chi connectivity index (χ2n) is 12.8. The second kappa shape index (κ2) is 17.6. The minimum Gasteiger partial charge on any atom is -0.495 e. The first-order chi connectivity index (χ1) is 25.3. The van der Waals surface area contributed by atoms with Gasteiger partial charge in [0.1, 0.15) is 18.3 Å². The van der Waals surface area contributed by atoms with Crippen LogP contribution >= 0.6 is 34.8 Å². The fraction of sp³-hybridized carbons (Fsp3) is 0.316. The molecule has 1 aliphatic carbocycles. The molecule has 4 aromatic carbocycles. The van der Waals surface area contributed by atoms with E-state index in [0.29, 0.717) is 5.56 Å². The van der Waals surface area contributed by atoms with Crippen molar-refractivity contribution in [2.24, 2.45) is 0 Å². The molecule has 0 bridgehead atoms. The van der Waals surface area contributed by atoms with Crippen molar-refractivity contribution in [1.29, 1.82) is 0 Å². The predicted octanol–water partition coefficient (Wildman–Crippen LogP) is 8.16. The average Bonchev–Trinajstić information content (AvgIpc) is 3.13. The Hall–Kier alpha value is -4.36. The van der Waals surface area contributed by atoms with Gasteiger partial charge >= 0.3 is 0 Å². The Balaban J connectivity index is 1.66. The van der Waals surface area contributed by atoms with Crippen LogP contribution in [0.4, 0.5) is 11.4 Å². The number of ether oxygens (including phenoxy) is 1. The van der Waals surface area contributed by atoms with Crippen LogP contribution in [0.1, 0.15) is 48.8 Å². The van der Waals surface area contributed by atoms with E-state index in [1.165, 1.54) is 49.3 Å². The van der Waals surface area contributed by atoms with Gasteiger partial charge in [0.05, 0.1) is 22.6 Å². The lowest BCUT2D eigenvalue weighted by Gasteiger charge is -2.35. The van der Waals surface area contributed by atoms with Crippen LogP contribution in [-0.2, 0) is 32.6 Å². The summed E-state index contributed by atoms with van der Waals surface area (Å²) in [5.74, 6) is -1.14. The fourth-order valence-electron chi connectivity index (χ4n) is 6.40. The normalized spacial score (nSPS) is 13.9. The van der Waals surface area contributed by atoms with Crippen molar-refractivity contribution < 1.29 is 27.7 Å². The maximum absolute atomic E-state index is 14.9. The molecule has 0 spiro atoms. The Morgan fingerprint density at radius 3 is 2.26 bits per heavy atom. The standard InChI is InChI=1S/C38H39Cl3N4O7S/c1-25-16-18-29(22-33(25)45(48)49)53(50,51)44(34-21-27(39)17-19-36(34)52-2)24-37(46)43(23-30-31(40)14-9-15-32(30)41)35(20-26-10-5-3-6-11-26)38(47)42-28-12-7-4-8-13-28/h3,5-6,9-11,14-19,21-22,28,35H,4,7-8,12-13,20,23-24H2,1-2H3,(H,42,47)/t35-/m0/s1. The molecular weight excluding hydrogens is 763 g/mol. The van der Waals surface area contributed by atoms with Crippen molar-refractivity contribution >= 4 is 68.0 Å². The molecule has 11 nitrogen and oxygen atoms in total. The van der Waals surface area contributed by atoms with Crippen LogP contribution in [0.25, 0.3) is 0 Å². The third kappa shape index (κ3) is 9.61. The Morgan fingerprint density at radius 1 is 0.943 bits per heavy atom. The average molecular weight is 802 g/mol. The highest BCUT2D eigenvalue weighted by atomic mass is 35.5. The molecule has 0 radical (unpaired) electrons. The van der Waals surface area contributed by atoms with E-state index in [1.807, 2.05) is 30.3 Å². The lowest BCUT2D eigenvalue weighted by molar-refractivity contribution is -0.385. The van der Waals surface area contributed by atoms with Gasteiger partial charge in [-0.3, -0.25) is 24.0 Å². The lowest BCUT2D eigenvalue weighted by atomic mass is 9.94. The molecule has 53 heavy (non-hydrogen) atoms. The summed E-state index contributed by atoms with van der Waals surface area (Å²) in [6.07, 6.45) is 4.64. The molecule has 15 heteroatoms.